The average Bonchev–Trinajstić information content (AvgIpc) is 2.85. The van der Waals surface area contributed by atoms with Gasteiger partial charge >= 0.3 is 5.97 Å². The molecule has 0 aromatic heterocycles. The molecule has 2 rings (SSSR count). The number of ether oxygens (including phenoxy) is 2. The van der Waals surface area contributed by atoms with Gasteiger partial charge in [0.1, 0.15) is 0 Å². The van der Waals surface area contributed by atoms with E-state index in [0.29, 0.717) is 17.1 Å². The van der Waals surface area contributed by atoms with E-state index in [1.54, 1.807) is 19.1 Å². The zero-order valence-electron chi connectivity index (χ0n) is 13.9. The molecule has 1 aromatic carbocycles. The number of hydrogen-bond donors (Lipinski definition) is 2. The number of carboxylic acids is 1. The molecule has 0 unspecified atom stereocenters. The molecule has 1 aliphatic heterocycles. The molecular formula is C16H15ClN2O6S. The Hall–Kier alpha value is -2.52. The number of thioether (sulfide) groups is 1. The van der Waals surface area contributed by atoms with E-state index < -0.39 is 18.5 Å². The van der Waals surface area contributed by atoms with Crippen LogP contribution in [0.25, 0.3) is 6.08 Å². The van der Waals surface area contributed by atoms with Crippen molar-refractivity contribution in [1.29, 1.82) is 0 Å². The van der Waals surface area contributed by atoms with Crippen LogP contribution >= 0.6 is 23.4 Å². The highest BCUT2D eigenvalue weighted by Gasteiger charge is 2.23. The van der Waals surface area contributed by atoms with E-state index in [9.17, 15) is 14.4 Å². The molecule has 10 heteroatoms. The van der Waals surface area contributed by atoms with Crippen LogP contribution in [0, 0.1) is 0 Å². The van der Waals surface area contributed by atoms with Crippen molar-refractivity contribution in [2.24, 2.45) is 4.99 Å². The van der Waals surface area contributed by atoms with Crippen molar-refractivity contribution in [3.8, 4) is 11.5 Å². The summed E-state index contributed by atoms with van der Waals surface area (Å²) in [5, 5.41) is 11.5. The van der Waals surface area contributed by atoms with Crippen LogP contribution < -0.4 is 14.8 Å². The van der Waals surface area contributed by atoms with Gasteiger partial charge in [-0.1, -0.05) is 11.6 Å². The molecule has 0 saturated heterocycles. The number of carboxylic acid groups (broad SMARTS) is 1. The number of hydrogen-bond acceptors (Lipinski definition) is 6. The molecule has 0 aliphatic carbocycles. The lowest BCUT2D eigenvalue weighted by atomic mass is 10.2. The highest BCUT2D eigenvalue weighted by molar-refractivity contribution is 8.18. The number of benzene rings is 1. The fourth-order valence-electron chi connectivity index (χ4n) is 1.97. The molecular weight excluding hydrogens is 384 g/mol. The Morgan fingerprint density at radius 1 is 1.38 bits per heavy atom. The zero-order valence-corrected chi connectivity index (χ0v) is 15.4. The smallest absolute Gasteiger partial charge is 0.341 e. The second-order valence-electron chi connectivity index (χ2n) is 4.96. The summed E-state index contributed by atoms with van der Waals surface area (Å²) in [5.74, 6) is -1.60. The molecule has 1 aromatic rings. The largest absolute Gasteiger partial charge is 0.490 e. The number of carbonyl (C=O) groups excluding carboxylic acids is 2. The van der Waals surface area contributed by atoms with Gasteiger partial charge in [0.25, 0.3) is 5.91 Å². The second-order valence-corrected chi connectivity index (χ2v) is 6.40. The number of nitrogens with zero attached hydrogens (tertiary/aromatic N) is 1. The average molecular weight is 399 g/mol. The van der Waals surface area contributed by atoms with Gasteiger partial charge in [-0.3, -0.25) is 9.59 Å². The second kappa shape index (κ2) is 8.72. The van der Waals surface area contributed by atoms with Gasteiger partial charge in [0.15, 0.2) is 23.3 Å². The summed E-state index contributed by atoms with van der Waals surface area (Å²) in [6, 6.07) is 3.09. The summed E-state index contributed by atoms with van der Waals surface area (Å²) in [6.45, 7) is 2.81. The predicted molar refractivity (Wildman–Crippen MR) is 97.6 cm³/mol. The highest BCUT2D eigenvalue weighted by Crippen LogP contribution is 2.38. The third-order valence-corrected chi connectivity index (χ3v) is 4.05. The normalized spacial score (nSPS) is 15.0. The Kier molecular flexibility index (Phi) is 6.64. The first-order valence-corrected chi connectivity index (χ1v) is 8.60. The summed E-state index contributed by atoms with van der Waals surface area (Å²) in [6.07, 6.45) is 1.54. The standard InChI is InChI=1S/C16H15ClN2O6S/c1-3-24-11-5-9(4-10(17)14(11)25-7-13(21)22)6-12-15(23)19-16(26-12)18-8(2)20/h4-6H,3,7H2,1-2H3,(H,21,22)(H,18,19,20,23)/b12-6+. The maximum atomic E-state index is 11.9. The van der Waals surface area contributed by atoms with Crippen LogP contribution in [0.15, 0.2) is 22.0 Å². The van der Waals surface area contributed by atoms with E-state index >= 15 is 0 Å². The molecule has 1 aliphatic rings. The quantitative estimate of drug-likeness (QED) is 0.706. The van der Waals surface area contributed by atoms with Gasteiger partial charge in [-0.2, -0.15) is 4.99 Å². The van der Waals surface area contributed by atoms with Crippen LogP contribution in [0.1, 0.15) is 19.4 Å². The molecule has 0 fully saturated rings. The minimum atomic E-state index is -1.15. The van der Waals surface area contributed by atoms with Crippen molar-refractivity contribution >= 4 is 52.4 Å². The Labute approximate surface area is 158 Å². The molecule has 1 heterocycles. The maximum Gasteiger partial charge on any atom is 0.341 e. The Bertz CT molecular complexity index is 821. The SMILES string of the molecule is CCOc1cc(/C=C2/SC(NC(C)=O)=NC2=O)cc(Cl)c1OCC(=O)O. The lowest BCUT2D eigenvalue weighted by Crippen LogP contribution is -2.23. The first-order chi connectivity index (χ1) is 12.3. The van der Waals surface area contributed by atoms with Gasteiger partial charge in [0, 0.05) is 6.92 Å². The molecule has 0 radical (unpaired) electrons. The minimum Gasteiger partial charge on any atom is -0.490 e. The Balaban J connectivity index is 2.29. The third-order valence-electron chi connectivity index (χ3n) is 2.87. The first-order valence-electron chi connectivity index (χ1n) is 7.41. The minimum absolute atomic E-state index is 0.110. The molecule has 26 heavy (non-hydrogen) atoms. The van der Waals surface area contributed by atoms with Crippen molar-refractivity contribution in [2.75, 3.05) is 13.2 Å². The van der Waals surface area contributed by atoms with Gasteiger partial charge in [0.2, 0.25) is 5.91 Å². The fraction of sp³-hybridized carbons (Fsp3) is 0.250. The molecule has 0 bridgehead atoms. The number of nitrogens with one attached hydrogen (secondary N) is 1. The lowest BCUT2D eigenvalue weighted by Gasteiger charge is -2.13. The molecule has 0 saturated carbocycles. The number of aliphatic imine (C=N–C) groups is 1. The molecule has 8 nitrogen and oxygen atoms in total. The van der Waals surface area contributed by atoms with E-state index in [-0.39, 0.29) is 27.6 Å². The number of carbonyl (C=O) groups is 3. The summed E-state index contributed by atoms with van der Waals surface area (Å²) < 4.78 is 10.6. The van der Waals surface area contributed by atoms with Crippen molar-refractivity contribution in [3.05, 3.63) is 27.6 Å². The number of amides is 2. The van der Waals surface area contributed by atoms with E-state index in [1.807, 2.05) is 0 Å². The number of halogens is 1. The fourth-order valence-corrected chi connectivity index (χ4v) is 3.11. The van der Waals surface area contributed by atoms with Crippen LogP contribution in [0.2, 0.25) is 5.02 Å². The van der Waals surface area contributed by atoms with Crippen LogP contribution in [-0.4, -0.2) is 41.3 Å². The number of amidine groups is 1. The summed E-state index contributed by atoms with van der Waals surface area (Å²) in [7, 11) is 0. The van der Waals surface area contributed by atoms with Crippen molar-refractivity contribution in [1.82, 2.24) is 5.32 Å². The number of rotatable bonds is 6. The van der Waals surface area contributed by atoms with Gasteiger partial charge in [-0.05, 0) is 42.5 Å². The number of aliphatic carboxylic acids is 1. The summed E-state index contributed by atoms with van der Waals surface area (Å²) in [4.78, 5) is 37.7. The van der Waals surface area contributed by atoms with Gasteiger partial charge in [-0.25, -0.2) is 4.79 Å². The Morgan fingerprint density at radius 2 is 2.12 bits per heavy atom. The van der Waals surface area contributed by atoms with E-state index in [1.165, 1.54) is 13.0 Å². The highest BCUT2D eigenvalue weighted by atomic mass is 35.5. The summed E-state index contributed by atoms with van der Waals surface area (Å²) >= 11 is 7.19. The van der Waals surface area contributed by atoms with E-state index in [2.05, 4.69) is 10.3 Å². The molecule has 0 spiro atoms. The van der Waals surface area contributed by atoms with Crippen LogP contribution in [0.4, 0.5) is 0 Å². The Morgan fingerprint density at radius 3 is 2.73 bits per heavy atom. The zero-order chi connectivity index (χ0) is 19.3. The third kappa shape index (κ3) is 5.24. The van der Waals surface area contributed by atoms with Gasteiger partial charge in [0.05, 0.1) is 16.5 Å². The monoisotopic (exact) mass is 398 g/mol. The van der Waals surface area contributed by atoms with Gasteiger partial charge < -0.3 is 19.9 Å². The maximum absolute atomic E-state index is 11.9. The first kappa shape index (κ1) is 19.8. The van der Waals surface area contributed by atoms with Gasteiger partial charge in [-0.15, -0.1) is 0 Å². The van der Waals surface area contributed by atoms with E-state index in [0.717, 1.165) is 11.8 Å². The topological polar surface area (TPSA) is 114 Å². The van der Waals surface area contributed by atoms with Crippen molar-refractivity contribution in [3.63, 3.8) is 0 Å². The van der Waals surface area contributed by atoms with E-state index in [4.69, 9.17) is 26.2 Å². The van der Waals surface area contributed by atoms with Crippen molar-refractivity contribution < 1.29 is 29.0 Å². The summed E-state index contributed by atoms with van der Waals surface area (Å²) in [5.41, 5.74) is 0.538. The molecule has 138 valence electrons. The van der Waals surface area contributed by atoms with Crippen LogP contribution in [0.3, 0.4) is 0 Å². The predicted octanol–water partition coefficient (Wildman–Crippen LogP) is 2.31. The lowest BCUT2D eigenvalue weighted by molar-refractivity contribution is -0.139. The van der Waals surface area contributed by atoms with Crippen LogP contribution in [0.5, 0.6) is 11.5 Å². The molecule has 0 atom stereocenters. The molecule has 2 amide bonds. The van der Waals surface area contributed by atoms with Crippen molar-refractivity contribution in [2.45, 2.75) is 13.8 Å². The van der Waals surface area contributed by atoms with Crippen LogP contribution in [-0.2, 0) is 14.4 Å². The molecule has 2 N–H and O–H groups in total.